The van der Waals surface area contributed by atoms with Gasteiger partial charge in [-0.2, -0.15) is 13.2 Å². The van der Waals surface area contributed by atoms with Crippen molar-refractivity contribution in [3.8, 4) is 16.3 Å². The first-order valence-electron chi connectivity index (χ1n) is 11.1. The number of nitrogens with zero attached hydrogens (tertiary/aromatic N) is 2. The Labute approximate surface area is 213 Å². The van der Waals surface area contributed by atoms with Crippen LogP contribution in [0.1, 0.15) is 21.5 Å². The second kappa shape index (κ2) is 9.58. The van der Waals surface area contributed by atoms with Gasteiger partial charge in [0.25, 0.3) is 5.91 Å². The zero-order chi connectivity index (χ0) is 26.2. The smallest absolute Gasteiger partial charge is 0.416 e. The van der Waals surface area contributed by atoms with Crippen molar-refractivity contribution >= 4 is 45.6 Å². The average Bonchev–Trinajstić information content (AvgIpc) is 3.57. The number of H-pyrrole nitrogens is 1. The predicted octanol–water partition coefficient (Wildman–Crippen LogP) is 7.02. The molecule has 0 radical (unpaired) electrons. The van der Waals surface area contributed by atoms with Gasteiger partial charge < -0.3 is 20.4 Å². The van der Waals surface area contributed by atoms with Gasteiger partial charge in [-0.05, 0) is 60.3 Å². The molecule has 3 aromatic heterocycles. The number of benzene rings is 2. The zero-order valence-electron chi connectivity index (χ0n) is 19.6. The summed E-state index contributed by atoms with van der Waals surface area (Å²) in [5.41, 5.74) is 2.94. The van der Waals surface area contributed by atoms with Crippen LogP contribution in [0.5, 0.6) is 5.75 Å². The Morgan fingerprint density at radius 2 is 1.89 bits per heavy atom. The van der Waals surface area contributed by atoms with E-state index in [9.17, 15) is 18.0 Å². The molecule has 37 heavy (non-hydrogen) atoms. The minimum absolute atomic E-state index is 0.0840. The van der Waals surface area contributed by atoms with E-state index >= 15 is 0 Å². The van der Waals surface area contributed by atoms with Crippen molar-refractivity contribution < 1.29 is 22.7 Å². The number of hydrogen-bond donors (Lipinski definition) is 3. The molecule has 7 nitrogen and oxygen atoms in total. The Morgan fingerprint density at radius 1 is 1.05 bits per heavy atom. The summed E-state index contributed by atoms with van der Waals surface area (Å²) < 4.78 is 44.7. The van der Waals surface area contributed by atoms with E-state index in [-0.39, 0.29) is 17.0 Å². The molecule has 0 fully saturated rings. The lowest BCUT2D eigenvalue weighted by Crippen LogP contribution is -2.14. The molecule has 5 rings (SSSR count). The number of carbonyl (C=O) groups is 1. The number of hydrogen-bond acceptors (Lipinski definition) is 6. The highest BCUT2D eigenvalue weighted by atomic mass is 32.1. The number of aryl methyl sites for hydroxylation is 1. The molecular weight excluding hydrogens is 503 g/mol. The van der Waals surface area contributed by atoms with Crippen LogP contribution in [-0.4, -0.2) is 28.0 Å². The average molecular weight is 524 g/mol. The molecule has 0 aliphatic heterocycles. The molecule has 188 valence electrons. The largest absolute Gasteiger partial charge is 0.495 e. The quantitative estimate of drug-likeness (QED) is 0.223. The van der Waals surface area contributed by atoms with Crippen LogP contribution in [0, 0.1) is 6.92 Å². The van der Waals surface area contributed by atoms with Crippen LogP contribution in [0.2, 0.25) is 0 Å². The lowest BCUT2D eigenvalue weighted by Gasteiger charge is -2.15. The number of alkyl halides is 3. The summed E-state index contributed by atoms with van der Waals surface area (Å²) in [6, 6.07) is 13.6. The fourth-order valence-electron chi connectivity index (χ4n) is 3.79. The number of carbonyl (C=O) groups excluding carboxylic acids is 1. The van der Waals surface area contributed by atoms with Crippen LogP contribution in [0.25, 0.3) is 21.6 Å². The van der Waals surface area contributed by atoms with Gasteiger partial charge >= 0.3 is 6.18 Å². The van der Waals surface area contributed by atoms with Crippen molar-refractivity contribution in [2.24, 2.45) is 0 Å². The van der Waals surface area contributed by atoms with Crippen LogP contribution in [0.4, 0.5) is 30.5 Å². The van der Waals surface area contributed by atoms with Gasteiger partial charge in [-0.1, -0.05) is 12.1 Å². The number of aromatic nitrogens is 3. The number of rotatable bonds is 6. The molecule has 0 aliphatic rings. The van der Waals surface area contributed by atoms with Gasteiger partial charge in [0, 0.05) is 17.4 Å². The number of nitrogens with one attached hydrogen (secondary N) is 3. The first-order valence-corrected chi connectivity index (χ1v) is 11.9. The van der Waals surface area contributed by atoms with Crippen LogP contribution in [0.15, 0.2) is 66.2 Å². The van der Waals surface area contributed by atoms with Crippen LogP contribution in [-0.2, 0) is 6.18 Å². The van der Waals surface area contributed by atoms with Gasteiger partial charge in [0.05, 0.1) is 34.3 Å². The number of ether oxygens (including phenoxy) is 1. The third-order valence-electron chi connectivity index (χ3n) is 5.68. The van der Waals surface area contributed by atoms with Gasteiger partial charge in [0.2, 0.25) is 5.95 Å². The topological polar surface area (TPSA) is 91.9 Å². The Bertz CT molecular complexity index is 1600. The molecule has 5 aromatic rings. The van der Waals surface area contributed by atoms with E-state index in [1.54, 1.807) is 35.7 Å². The van der Waals surface area contributed by atoms with Crippen LogP contribution >= 0.6 is 11.3 Å². The minimum atomic E-state index is -4.56. The normalized spacial score (nSPS) is 11.5. The number of aromatic amines is 1. The molecule has 11 heteroatoms. The Morgan fingerprint density at radius 3 is 2.62 bits per heavy atom. The van der Waals surface area contributed by atoms with Crippen molar-refractivity contribution in [3.05, 3.63) is 82.9 Å². The van der Waals surface area contributed by atoms with E-state index in [4.69, 9.17) is 4.74 Å². The van der Waals surface area contributed by atoms with Crippen molar-refractivity contribution in [1.82, 2.24) is 15.0 Å². The summed E-state index contributed by atoms with van der Waals surface area (Å²) >= 11 is 1.55. The number of thiophene rings is 1. The lowest BCUT2D eigenvalue weighted by atomic mass is 10.1. The minimum Gasteiger partial charge on any atom is -0.495 e. The van der Waals surface area contributed by atoms with Gasteiger partial charge in [-0.15, -0.1) is 11.3 Å². The lowest BCUT2D eigenvalue weighted by molar-refractivity contribution is -0.137. The van der Waals surface area contributed by atoms with Gasteiger partial charge in [-0.3, -0.25) is 4.79 Å². The first-order chi connectivity index (χ1) is 17.7. The maximum atomic E-state index is 13.2. The summed E-state index contributed by atoms with van der Waals surface area (Å²) in [7, 11) is 1.32. The molecule has 0 saturated carbocycles. The molecule has 2 aromatic carbocycles. The summed E-state index contributed by atoms with van der Waals surface area (Å²) in [6.07, 6.45) is -2.77. The molecule has 1 amide bonds. The van der Waals surface area contributed by atoms with Gasteiger partial charge in [-0.25, -0.2) is 9.97 Å². The Kier molecular flexibility index (Phi) is 6.30. The molecule has 0 unspecified atom stereocenters. The van der Waals surface area contributed by atoms with Crippen molar-refractivity contribution in [3.63, 3.8) is 0 Å². The number of anilines is 3. The van der Waals surface area contributed by atoms with Gasteiger partial charge in [0.1, 0.15) is 11.4 Å². The highest BCUT2D eigenvalue weighted by molar-refractivity contribution is 7.13. The second-order valence-corrected chi connectivity index (χ2v) is 9.08. The fraction of sp³-hybridized carbons (Fsp3) is 0.115. The molecule has 0 spiro atoms. The number of methoxy groups -OCH3 is 1. The van der Waals surface area contributed by atoms with Crippen molar-refractivity contribution in [1.29, 1.82) is 0 Å². The van der Waals surface area contributed by atoms with Crippen LogP contribution < -0.4 is 15.4 Å². The van der Waals surface area contributed by atoms with Crippen molar-refractivity contribution in [2.75, 3.05) is 17.7 Å². The highest BCUT2D eigenvalue weighted by Gasteiger charge is 2.31. The highest BCUT2D eigenvalue weighted by Crippen LogP contribution is 2.35. The van der Waals surface area contributed by atoms with Gasteiger partial charge in [0.15, 0.2) is 0 Å². The molecule has 3 heterocycles. The molecule has 0 atom stereocenters. The summed E-state index contributed by atoms with van der Waals surface area (Å²) in [5.74, 6) is -0.140. The maximum Gasteiger partial charge on any atom is 0.416 e. The first kappa shape index (κ1) is 24.3. The number of fused-ring (bicyclic) bond motifs is 1. The van der Waals surface area contributed by atoms with E-state index in [2.05, 4.69) is 25.6 Å². The fourth-order valence-corrected chi connectivity index (χ4v) is 4.51. The van der Waals surface area contributed by atoms with Crippen molar-refractivity contribution in [2.45, 2.75) is 13.1 Å². The zero-order valence-corrected chi connectivity index (χ0v) is 20.4. The van der Waals surface area contributed by atoms with E-state index in [1.165, 1.54) is 13.2 Å². The molecule has 0 bridgehead atoms. The van der Waals surface area contributed by atoms with E-state index in [0.717, 1.165) is 39.3 Å². The predicted molar refractivity (Wildman–Crippen MR) is 138 cm³/mol. The monoisotopic (exact) mass is 523 g/mol. The maximum absolute atomic E-state index is 13.2. The third kappa shape index (κ3) is 4.98. The molecule has 0 aliphatic carbocycles. The SMILES string of the molecule is COc1ccc(C(F)(F)F)cc1NC(=O)c1ccc(C)c(Nc2nc(-c3cccs3)c3[nH]ccc3n2)c1. The third-order valence-corrected chi connectivity index (χ3v) is 6.56. The summed E-state index contributed by atoms with van der Waals surface area (Å²) in [6.45, 7) is 1.86. The van der Waals surface area contributed by atoms with E-state index in [0.29, 0.717) is 11.6 Å². The summed E-state index contributed by atoms with van der Waals surface area (Å²) in [5, 5.41) is 7.67. The Balaban J connectivity index is 1.45. The molecule has 3 N–H and O–H groups in total. The molecule has 0 saturated heterocycles. The van der Waals surface area contributed by atoms with E-state index < -0.39 is 17.6 Å². The van der Waals surface area contributed by atoms with E-state index in [1.807, 2.05) is 30.5 Å². The van der Waals surface area contributed by atoms with Crippen LogP contribution in [0.3, 0.4) is 0 Å². The molecular formula is C26H20F3N5O2S. The number of halogens is 3. The summed E-state index contributed by atoms with van der Waals surface area (Å²) in [4.78, 5) is 26.4. The standard InChI is InChI=1S/C26H20F3N5O2S/c1-14-5-6-15(24(35)31-19-13-16(26(27,28)29)7-8-20(19)36-2)12-18(14)33-25-32-17-9-10-30-22(17)23(34-25)21-4-3-11-37-21/h3-13,30H,1-2H3,(H,31,35)(H,32,33,34). The number of amides is 1. The Hall–Kier alpha value is -4.38. The second-order valence-electron chi connectivity index (χ2n) is 8.13.